The molecule has 0 aliphatic carbocycles. The van der Waals surface area contributed by atoms with E-state index < -0.39 is 23.7 Å². The molecule has 0 bridgehead atoms. The van der Waals surface area contributed by atoms with Crippen molar-refractivity contribution >= 4 is 0 Å². The number of rotatable bonds is 3. The predicted octanol–water partition coefficient (Wildman–Crippen LogP) is 2.83. The molecular formula is C9H11F6N3. The van der Waals surface area contributed by atoms with E-state index in [0.717, 1.165) is 0 Å². The maximum atomic E-state index is 12.6. The molecule has 0 amide bonds. The highest BCUT2D eigenvalue weighted by Gasteiger charge is 2.41. The fourth-order valence-electron chi connectivity index (χ4n) is 1.22. The summed E-state index contributed by atoms with van der Waals surface area (Å²) in [6.07, 6.45) is -9.76. The van der Waals surface area contributed by atoms with Crippen molar-refractivity contribution in [1.29, 1.82) is 0 Å². The van der Waals surface area contributed by atoms with Gasteiger partial charge in [-0.25, -0.2) is 4.68 Å². The quantitative estimate of drug-likeness (QED) is 0.791. The highest BCUT2D eigenvalue weighted by Crippen LogP contribution is 2.35. The molecule has 0 atom stereocenters. The summed E-state index contributed by atoms with van der Waals surface area (Å²) in [4.78, 5) is 1.41. The van der Waals surface area contributed by atoms with E-state index in [9.17, 15) is 26.3 Å². The van der Waals surface area contributed by atoms with Gasteiger partial charge >= 0.3 is 12.4 Å². The van der Waals surface area contributed by atoms with Gasteiger partial charge in [0.15, 0.2) is 5.69 Å². The molecule has 0 aliphatic rings. The predicted molar refractivity (Wildman–Crippen MR) is 50.5 cm³/mol. The standard InChI is InChI=1S/C9H11F6N3/c1-3-17(2)5-18-7(9(13,14)15)4-6(16-18)8(10,11)12/h4H,3,5H2,1-2H3. The summed E-state index contributed by atoms with van der Waals surface area (Å²) in [5, 5.41) is 2.97. The molecule has 1 aromatic heterocycles. The van der Waals surface area contributed by atoms with Crippen molar-refractivity contribution in [1.82, 2.24) is 14.7 Å². The summed E-state index contributed by atoms with van der Waals surface area (Å²) >= 11 is 0. The van der Waals surface area contributed by atoms with E-state index in [1.54, 1.807) is 6.92 Å². The molecule has 0 aliphatic heterocycles. The maximum absolute atomic E-state index is 12.6. The Morgan fingerprint density at radius 2 is 1.72 bits per heavy atom. The zero-order chi connectivity index (χ0) is 14.1. The van der Waals surface area contributed by atoms with Crippen molar-refractivity contribution in [3.63, 3.8) is 0 Å². The Balaban J connectivity index is 3.18. The molecule has 3 nitrogen and oxygen atoms in total. The van der Waals surface area contributed by atoms with E-state index >= 15 is 0 Å². The smallest absolute Gasteiger partial charge is 0.288 e. The molecule has 0 saturated carbocycles. The Labute approximate surface area is 99.0 Å². The van der Waals surface area contributed by atoms with Crippen LogP contribution in [-0.4, -0.2) is 28.3 Å². The number of nitrogens with zero attached hydrogens (tertiary/aromatic N) is 3. The van der Waals surface area contributed by atoms with Crippen LogP contribution in [0.2, 0.25) is 0 Å². The van der Waals surface area contributed by atoms with Crippen LogP contribution in [0.5, 0.6) is 0 Å². The second-order valence-corrected chi connectivity index (χ2v) is 3.72. The average Bonchev–Trinajstić information content (AvgIpc) is 2.60. The van der Waals surface area contributed by atoms with Gasteiger partial charge in [-0.1, -0.05) is 6.92 Å². The molecule has 18 heavy (non-hydrogen) atoms. The van der Waals surface area contributed by atoms with Crippen molar-refractivity contribution in [2.75, 3.05) is 13.6 Å². The highest BCUT2D eigenvalue weighted by molar-refractivity contribution is 5.16. The lowest BCUT2D eigenvalue weighted by molar-refractivity contribution is -0.145. The average molecular weight is 275 g/mol. The number of hydrogen-bond donors (Lipinski definition) is 0. The van der Waals surface area contributed by atoms with Crippen molar-refractivity contribution in [3.05, 3.63) is 17.5 Å². The number of hydrogen-bond acceptors (Lipinski definition) is 2. The summed E-state index contributed by atoms with van der Waals surface area (Å²) in [5.74, 6) is 0. The highest BCUT2D eigenvalue weighted by atomic mass is 19.4. The van der Waals surface area contributed by atoms with Crippen LogP contribution in [0.15, 0.2) is 6.07 Å². The van der Waals surface area contributed by atoms with Crippen LogP contribution in [0.3, 0.4) is 0 Å². The summed E-state index contributed by atoms with van der Waals surface area (Å²) in [7, 11) is 1.48. The third-order valence-electron chi connectivity index (χ3n) is 2.28. The number of halogens is 6. The van der Waals surface area contributed by atoms with Crippen LogP contribution in [-0.2, 0) is 19.0 Å². The summed E-state index contributed by atoms with van der Waals surface area (Å²) < 4.78 is 75.0. The number of aromatic nitrogens is 2. The van der Waals surface area contributed by atoms with Crippen LogP contribution >= 0.6 is 0 Å². The summed E-state index contributed by atoms with van der Waals surface area (Å²) in [6, 6.07) is 0.0174. The van der Waals surface area contributed by atoms with Crippen LogP contribution in [0, 0.1) is 0 Å². The van der Waals surface area contributed by atoms with Gasteiger partial charge < -0.3 is 0 Å². The Bertz CT molecular complexity index is 405. The van der Waals surface area contributed by atoms with Gasteiger partial charge in [-0.3, -0.25) is 4.90 Å². The molecule has 104 valence electrons. The molecule has 1 aromatic rings. The zero-order valence-electron chi connectivity index (χ0n) is 9.60. The lowest BCUT2D eigenvalue weighted by atomic mass is 10.3. The van der Waals surface area contributed by atoms with E-state index in [1.165, 1.54) is 11.9 Å². The third-order valence-corrected chi connectivity index (χ3v) is 2.28. The molecule has 0 N–H and O–H groups in total. The Morgan fingerprint density at radius 1 is 1.17 bits per heavy atom. The first-order valence-corrected chi connectivity index (χ1v) is 4.96. The Hall–Kier alpha value is -1.25. The molecule has 0 spiro atoms. The van der Waals surface area contributed by atoms with Gasteiger partial charge in [-0.2, -0.15) is 31.4 Å². The van der Waals surface area contributed by atoms with E-state index in [1.807, 2.05) is 0 Å². The van der Waals surface area contributed by atoms with E-state index in [-0.39, 0.29) is 12.7 Å². The summed E-state index contributed by atoms with van der Waals surface area (Å²) in [6.45, 7) is 1.70. The fourth-order valence-corrected chi connectivity index (χ4v) is 1.22. The SMILES string of the molecule is CCN(C)Cn1nc(C(F)(F)F)cc1C(F)(F)F. The molecule has 0 aromatic carbocycles. The third kappa shape index (κ3) is 3.37. The molecule has 0 radical (unpaired) electrons. The lowest BCUT2D eigenvalue weighted by Crippen LogP contribution is -2.26. The number of alkyl halides is 6. The zero-order valence-corrected chi connectivity index (χ0v) is 9.60. The topological polar surface area (TPSA) is 21.1 Å². The van der Waals surface area contributed by atoms with Gasteiger partial charge in [0.2, 0.25) is 0 Å². The van der Waals surface area contributed by atoms with Gasteiger partial charge in [-0.05, 0) is 13.6 Å². The van der Waals surface area contributed by atoms with Crippen LogP contribution in [0.4, 0.5) is 26.3 Å². The Kier molecular flexibility index (Phi) is 3.94. The fraction of sp³-hybridized carbons (Fsp3) is 0.667. The maximum Gasteiger partial charge on any atom is 0.435 e. The van der Waals surface area contributed by atoms with Gasteiger partial charge in [0.05, 0.1) is 6.67 Å². The molecule has 0 unspecified atom stereocenters. The van der Waals surface area contributed by atoms with Gasteiger partial charge in [-0.15, -0.1) is 0 Å². The lowest BCUT2D eigenvalue weighted by Gasteiger charge is -2.16. The normalized spacial score (nSPS) is 13.4. The largest absolute Gasteiger partial charge is 0.435 e. The Morgan fingerprint density at radius 3 is 2.11 bits per heavy atom. The van der Waals surface area contributed by atoms with E-state index in [4.69, 9.17) is 0 Å². The monoisotopic (exact) mass is 275 g/mol. The first-order chi connectivity index (χ1) is 8.05. The van der Waals surface area contributed by atoms with Gasteiger partial charge in [0.25, 0.3) is 0 Å². The van der Waals surface area contributed by atoms with E-state index in [0.29, 0.717) is 11.2 Å². The first-order valence-electron chi connectivity index (χ1n) is 4.96. The minimum absolute atomic E-state index is 0.0174. The van der Waals surface area contributed by atoms with Crippen molar-refractivity contribution in [2.45, 2.75) is 25.9 Å². The molecule has 0 saturated heterocycles. The molecule has 0 fully saturated rings. The molecule has 9 heteroatoms. The molecule has 1 heterocycles. The minimum Gasteiger partial charge on any atom is -0.288 e. The van der Waals surface area contributed by atoms with Crippen LogP contribution < -0.4 is 0 Å². The second-order valence-electron chi connectivity index (χ2n) is 3.72. The summed E-state index contributed by atoms with van der Waals surface area (Å²) in [5.41, 5.74) is -2.95. The molecular weight excluding hydrogens is 264 g/mol. The second kappa shape index (κ2) is 4.79. The van der Waals surface area contributed by atoms with Crippen molar-refractivity contribution in [3.8, 4) is 0 Å². The van der Waals surface area contributed by atoms with Crippen LogP contribution in [0.1, 0.15) is 18.3 Å². The van der Waals surface area contributed by atoms with Gasteiger partial charge in [0, 0.05) is 6.07 Å². The first kappa shape index (κ1) is 14.8. The van der Waals surface area contributed by atoms with Crippen molar-refractivity contribution < 1.29 is 26.3 Å². The van der Waals surface area contributed by atoms with Crippen LogP contribution in [0.25, 0.3) is 0 Å². The minimum atomic E-state index is -4.89. The van der Waals surface area contributed by atoms with Gasteiger partial charge in [0.1, 0.15) is 5.69 Å². The van der Waals surface area contributed by atoms with E-state index in [2.05, 4.69) is 5.10 Å². The molecule has 1 rings (SSSR count). The van der Waals surface area contributed by atoms with Crippen molar-refractivity contribution in [2.24, 2.45) is 0 Å².